The summed E-state index contributed by atoms with van der Waals surface area (Å²) >= 11 is 6.82. The molecule has 1 aliphatic rings. The zero-order chi connectivity index (χ0) is 20.9. The lowest BCUT2D eigenvalue weighted by molar-refractivity contribution is -0.113. The molecule has 0 atom stereocenters. The Kier molecular flexibility index (Phi) is 6.31. The average Bonchev–Trinajstić information content (AvgIpc) is 3.06. The van der Waals surface area contributed by atoms with E-state index in [1.165, 1.54) is 17.3 Å². The molecule has 1 aliphatic heterocycles. The van der Waals surface area contributed by atoms with E-state index in [0.29, 0.717) is 15.8 Å². The highest BCUT2D eigenvalue weighted by Gasteiger charge is 2.33. The molecule has 30 heavy (non-hydrogen) atoms. The van der Waals surface area contributed by atoms with Crippen LogP contribution in [-0.2, 0) is 17.8 Å². The van der Waals surface area contributed by atoms with Crippen LogP contribution in [-0.4, -0.2) is 10.2 Å². The van der Waals surface area contributed by atoms with Crippen LogP contribution in [0, 0.1) is 0 Å². The molecule has 1 saturated heterocycles. The summed E-state index contributed by atoms with van der Waals surface area (Å²) in [5, 5.41) is 0. The third-order valence-corrected chi connectivity index (χ3v) is 6.14. The number of carbonyl (C=O) groups is 1. The fourth-order valence-corrected chi connectivity index (χ4v) is 4.47. The van der Waals surface area contributed by atoms with Gasteiger partial charge in [-0.05, 0) is 41.8 Å². The first kappa shape index (κ1) is 20.4. The molecule has 3 aromatic rings. The van der Waals surface area contributed by atoms with Crippen molar-refractivity contribution in [3.63, 3.8) is 0 Å². The molecule has 0 N–H and O–H groups in total. The number of ether oxygens (including phenoxy) is 1. The van der Waals surface area contributed by atoms with Crippen molar-refractivity contribution in [2.45, 2.75) is 20.0 Å². The van der Waals surface area contributed by atoms with Gasteiger partial charge in [0.2, 0.25) is 0 Å². The van der Waals surface area contributed by atoms with E-state index in [9.17, 15) is 4.79 Å². The number of amides is 1. The Bertz CT molecular complexity index is 1090. The number of anilines is 1. The molecule has 3 nitrogen and oxygen atoms in total. The maximum absolute atomic E-state index is 13.1. The van der Waals surface area contributed by atoms with Crippen LogP contribution in [0.5, 0.6) is 5.75 Å². The number of aryl methyl sites for hydroxylation is 1. The van der Waals surface area contributed by atoms with Gasteiger partial charge in [-0.1, -0.05) is 91.6 Å². The molecule has 0 aliphatic carbocycles. The van der Waals surface area contributed by atoms with Gasteiger partial charge in [0, 0.05) is 5.56 Å². The standard InChI is InChI=1S/C25H21NO2S2/c1-2-18-12-14-21(15-13-18)26-24(27)23(30-25(26)29)16-20-10-6-7-11-22(20)28-17-19-8-4-3-5-9-19/h3-16H,2,17H2,1H3/b23-16-. The summed E-state index contributed by atoms with van der Waals surface area (Å²) in [6.07, 6.45) is 2.82. The van der Waals surface area contributed by atoms with Gasteiger partial charge < -0.3 is 4.74 Å². The first-order valence-electron chi connectivity index (χ1n) is 9.78. The van der Waals surface area contributed by atoms with Crippen molar-refractivity contribution in [3.05, 3.63) is 100 Å². The van der Waals surface area contributed by atoms with Crippen molar-refractivity contribution < 1.29 is 9.53 Å². The van der Waals surface area contributed by atoms with E-state index in [0.717, 1.165) is 29.0 Å². The monoisotopic (exact) mass is 431 g/mol. The van der Waals surface area contributed by atoms with Crippen LogP contribution in [0.2, 0.25) is 0 Å². The lowest BCUT2D eigenvalue weighted by Crippen LogP contribution is -2.27. The number of nitrogens with zero attached hydrogens (tertiary/aromatic N) is 1. The highest BCUT2D eigenvalue weighted by molar-refractivity contribution is 8.27. The highest BCUT2D eigenvalue weighted by Crippen LogP contribution is 2.37. The first-order chi connectivity index (χ1) is 14.7. The largest absolute Gasteiger partial charge is 0.488 e. The molecule has 0 saturated carbocycles. The van der Waals surface area contributed by atoms with Gasteiger partial charge in [0.15, 0.2) is 4.32 Å². The average molecular weight is 432 g/mol. The Hall–Kier alpha value is -2.89. The van der Waals surface area contributed by atoms with E-state index in [1.54, 1.807) is 4.90 Å². The minimum Gasteiger partial charge on any atom is -0.488 e. The van der Waals surface area contributed by atoms with E-state index in [4.69, 9.17) is 17.0 Å². The Morgan fingerprint density at radius 2 is 1.63 bits per heavy atom. The number of benzene rings is 3. The smallest absolute Gasteiger partial charge is 0.270 e. The maximum Gasteiger partial charge on any atom is 0.270 e. The lowest BCUT2D eigenvalue weighted by atomic mass is 10.1. The second kappa shape index (κ2) is 9.28. The molecule has 0 radical (unpaired) electrons. The summed E-state index contributed by atoms with van der Waals surface area (Å²) < 4.78 is 6.56. The zero-order valence-electron chi connectivity index (χ0n) is 16.6. The maximum atomic E-state index is 13.1. The van der Waals surface area contributed by atoms with Crippen molar-refractivity contribution in [1.29, 1.82) is 0 Å². The van der Waals surface area contributed by atoms with Crippen LogP contribution < -0.4 is 9.64 Å². The molecule has 1 amide bonds. The molecule has 0 aromatic heterocycles. The van der Waals surface area contributed by atoms with E-state index in [1.807, 2.05) is 84.9 Å². The number of carbonyl (C=O) groups excluding carboxylic acids is 1. The summed E-state index contributed by atoms with van der Waals surface area (Å²) in [5.74, 6) is 0.631. The van der Waals surface area contributed by atoms with Crippen LogP contribution in [0.15, 0.2) is 83.8 Å². The molecule has 150 valence electrons. The van der Waals surface area contributed by atoms with E-state index < -0.39 is 0 Å². The zero-order valence-corrected chi connectivity index (χ0v) is 18.2. The molecule has 4 rings (SSSR count). The summed E-state index contributed by atoms with van der Waals surface area (Å²) in [6.45, 7) is 2.57. The van der Waals surface area contributed by atoms with Gasteiger partial charge in [-0.2, -0.15) is 0 Å². The van der Waals surface area contributed by atoms with E-state index >= 15 is 0 Å². The van der Waals surface area contributed by atoms with E-state index in [-0.39, 0.29) is 5.91 Å². The van der Waals surface area contributed by atoms with Crippen molar-refractivity contribution >= 4 is 46.0 Å². The van der Waals surface area contributed by atoms with Gasteiger partial charge in [0.1, 0.15) is 12.4 Å². The van der Waals surface area contributed by atoms with Gasteiger partial charge in [-0.25, -0.2) is 0 Å². The van der Waals surface area contributed by atoms with Crippen molar-refractivity contribution in [3.8, 4) is 5.75 Å². The molecule has 1 fully saturated rings. The van der Waals surface area contributed by atoms with Crippen molar-refractivity contribution in [2.75, 3.05) is 4.90 Å². The Morgan fingerprint density at radius 1 is 0.933 bits per heavy atom. The fraction of sp³-hybridized carbons (Fsp3) is 0.120. The van der Waals surface area contributed by atoms with Crippen LogP contribution in [0.25, 0.3) is 6.08 Å². The Morgan fingerprint density at radius 3 is 2.37 bits per heavy atom. The second-order valence-electron chi connectivity index (χ2n) is 6.85. The molecular formula is C25H21NO2S2. The fourth-order valence-electron chi connectivity index (χ4n) is 3.18. The number of thiocarbonyl (C=S) groups is 1. The third kappa shape index (κ3) is 4.48. The predicted molar refractivity (Wildman–Crippen MR) is 129 cm³/mol. The van der Waals surface area contributed by atoms with Crippen LogP contribution in [0.3, 0.4) is 0 Å². The van der Waals surface area contributed by atoms with Gasteiger partial charge in [0.25, 0.3) is 5.91 Å². The molecule has 0 bridgehead atoms. The molecule has 1 heterocycles. The minimum absolute atomic E-state index is 0.105. The number of rotatable bonds is 6. The summed E-state index contributed by atoms with van der Waals surface area (Å²) in [7, 11) is 0. The van der Waals surface area contributed by atoms with Gasteiger partial charge in [-0.3, -0.25) is 9.69 Å². The summed E-state index contributed by atoms with van der Waals surface area (Å²) in [6, 6.07) is 25.7. The highest BCUT2D eigenvalue weighted by atomic mass is 32.2. The Labute approximate surface area is 186 Å². The number of thioether (sulfide) groups is 1. The number of hydrogen-bond acceptors (Lipinski definition) is 4. The van der Waals surface area contributed by atoms with Gasteiger partial charge in [0.05, 0.1) is 10.6 Å². The lowest BCUT2D eigenvalue weighted by Gasteiger charge is -2.14. The molecule has 0 unspecified atom stereocenters. The second-order valence-corrected chi connectivity index (χ2v) is 8.52. The van der Waals surface area contributed by atoms with Crippen LogP contribution in [0.4, 0.5) is 5.69 Å². The van der Waals surface area contributed by atoms with Gasteiger partial charge >= 0.3 is 0 Å². The number of para-hydroxylation sites is 1. The normalized spacial score (nSPS) is 15.1. The quantitative estimate of drug-likeness (QED) is 0.342. The number of hydrogen-bond donors (Lipinski definition) is 0. The third-order valence-electron chi connectivity index (χ3n) is 4.84. The molecular weight excluding hydrogens is 410 g/mol. The molecule has 5 heteroatoms. The predicted octanol–water partition coefficient (Wildman–Crippen LogP) is 6.23. The minimum atomic E-state index is -0.105. The first-order valence-corrected chi connectivity index (χ1v) is 11.0. The Balaban J connectivity index is 1.56. The van der Waals surface area contributed by atoms with E-state index in [2.05, 4.69) is 6.92 Å². The summed E-state index contributed by atoms with van der Waals surface area (Å²) in [4.78, 5) is 15.3. The summed E-state index contributed by atoms with van der Waals surface area (Å²) in [5.41, 5.74) is 3.97. The molecule has 0 spiro atoms. The molecule has 3 aromatic carbocycles. The van der Waals surface area contributed by atoms with Crippen LogP contribution >= 0.6 is 24.0 Å². The van der Waals surface area contributed by atoms with Crippen LogP contribution in [0.1, 0.15) is 23.6 Å². The SMILES string of the molecule is CCc1ccc(N2C(=O)/C(=C/c3ccccc3OCc3ccccc3)SC2=S)cc1. The topological polar surface area (TPSA) is 29.5 Å². The van der Waals surface area contributed by atoms with Crippen molar-refractivity contribution in [2.24, 2.45) is 0 Å². The van der Waals surface area contributed by atoms with Crippen molar-refractivity contribution in [1.82, 2.24) is 0 Å². The van der Waals surface area contributed by atoms with Gasteiger partial charge in [-0.15, -0.1) is 0 Å².